The number of carbonyl (C=O) groups excluding carboxylic acids is 3. The van der Waals surface area contributed by atoms with Gasteiger partial charge in [-0.1, -0.05) is 221 Å². The average Bonchev–Trinajstić information content (AvgIpc) is 3.31. The Morgan fingerprint density at radius 1 is 0.464 bits per heavy atom. The molecule has 2 unspecified atom stereocenters. The number of allylic oxidation sites excluding steroid dienone is 13. The fourth-order valence-electron chi connectivity index (χ4n) is 7.41. The molecular formula is C60H103NO8. The van der Waals surface area contributed by atoms with Crippen molar-refractivity contribution >= 4 is 17.9 Å². The second kappa shape index (κ2) is 50.8. The number of rotatable bonds is 50. The molecule has 0 aromatic carbocycles. The first-order valence-corrected chi connectivity index (χ1v) is 27.7. The Hall–Kier alpha value is -3.53. The second-order valence-electron chi connectivity index (χ2n) is 19.5. The number of unbranched alkanes of at least 4 members (excludes halogenated alkanes) is 22. The molecule has 0 spiro atoms. The molecule has 0 aliphatic heterocycles. The SMILES string of the molecule is CC/C=C\C/C=C\C/C=C\C/C=C\C/C=C\CC(=O)OC(COC(=O)CCCCCCCCCCCCCCCCCCC/C=C\C/C=C\CCCCCCC)COC(OCC[N+](C)(C)C)C(=O)[O-]. The van der Waals surface area contributed by atoms with Crippen LogP contribution < -0.4 is 5.11 Å². The molecule has 0 aliphatic carbocycles. The van der Waals surface area contributed by atoms with E-state index in [0.717, 1.165) is 51.4 Å². The lowest BCUT2D eigenvalue weighted by molar-refractivity contribution is -0.870. The molecule has 0 saturated heterocycles. The van der Waals surface area contributed by atoms with Gasteiger partial charge in [-0.05, 0) is 70.6 Å². The minimum absolute atomic E-state index is 0.0130. The first-order valence-electron chi connectivity index (χ1n) is 27.7. The number of quaternary nitrogens is 1. The molecule has 0 amide bonds. The molecule has 0 N–H and O–H groups in total. The molecule has 9 heteroatoms. The summed E-state index contributed by atoms with van der Waals surface area (Å²) in [5.74, 6) is -2.45. The third kappa shape index (κ3) is 52.1. The highest BCUT2D eigenvalue weighted by atomic mass is 16.7. The molecule has 0 bridgehead atoms. The molecule has 0 aliphatic rings. The van der Waals surface area contributed by atoms with Crippen LogP contribution in [-0.4, -0.2) is 82.3 Å². The van der Waals surface area contributed by atoms with Gasteiger partial charge in [0, 0.05) is 6.42 Å². The van der Waals surface area contributed by atoms with Crippen LogP contribution in [0.2, 0.25) is 0 Å². The zero-order valence-corrected chi connectivity index (χ0v) is 44.9. The van der Waals surface area contributed by atoms with Crippen LogP contribution in [0.15, 0.2) is 85.1 Å². The number of carboxylic acid groups (broad SMARTS) is 1. The lowest BCUT2D eigenvalue weighted by Gasteiger charge is -2.26. The summed E-state index contributed by atoms with van der Waals surface area (Å²) in [6, 6.07) is 0. The maximum atomic E-state index is 12.7. The highest BCUT2D eigenvalue weighted by Gasteiger charge is 2.21. The molecule has 0 heterocycles. The van der Waals surface area contributed by atoms with Crippen molar-refractivity contribution in [3.05, 3.63) is 85.1 Å². The Morgan fingerprint density at radius 3 is 1.30 bits per heavy atom. The number of ether oxygens (including phenoxy) is 4. The largest absolute Gasteiger partial charge is 0.545 e. The van der Waals surface area contributed by atoms with E-state index in [9.17, 15) is 19.5 Å². The summed E-state index contributed by atoms with van der Waals surface area (Å²) in [6.45, 7) is 4.51. The number of nitrogens with zero attached hydrogens (tertiary/aromatic N) is 1. The third-order valence-corrected chi connectivity index (χ3v) is 11.7. The van der Waals surface area contributed by atoms with Crippen molar-refractivity contribution in [3.8, 4) is 0 Å². The van der Waals surface area contributed by atoms with Crippen LogP contribution in [0.4, 0.5) is 0 Å². The lowest BCUT2D eigenvalue weighted by atomic mass is 10.0. The van der Waals surface area contributed by atoms with Gasteiger partial charge >= 0.3 is 11.9 Å². The molecule has 0 radical (unpaired) electrons. The summed E-state index contributed by atoms with van der Waals surface area (Å²) in [6.07, 6.45) is 63.9. The highest BCUT2D eigenvalue weighted by Crippen LogP contribution is 2.16. The van der Waals surface area contributed by atoms with E-state index in [4.69, 9.17) is 18.9 Å². The smallest absolute Gasteiger partial charge is 0.310 e. The Balaban J connectivity index is 4.23. The normalized spacial score (nSPS) is 13.5. The van der Waals surface area contributed by atoms with Gasteiger partial charge in [0.05, 0.1) is 46.7 Å². The van der Waals surface area contributed by atoms with Gasteiger partial charge in [0.25, 0.3) is 0 Å². The number of carboxylic acids is 1. The molecule has 0 aromatic heterocycles. The van der Waals surface area contributed by atoms with Crippen molar-refractivity contribution in [2.75, 3.05) is 47.5 Å². The van der Waals surface area contributed by atoms with Gasteiger partial charge in [-0.3, -0.25) is 9.59 Å². The van der Waals surface area contributed by atoms with Gasteiger partial charge < -0.3 is 33.3 Å². The number of hydrogen-bond donors (Lipinski definition) is 0. The van der Waals surface area contributed by atoms with Crippen molar-refractivity contribution in [1.82, 2.24) is 0 Å². The van der Waals surface area contributed by atoms with Gasteiger partial charge in [0.1, 0.15) is 13.2 Å². The fraction of sp³-hybridized carbons (Fsp3) is 0.717. The number of esters is 2. The van der Waals surface area contributed by atoms with Crippen molar-refractivity contribution in [1.29, 1.82) is 0 Å². The third-order valence-electron chi connectivity index (χ3n) is 11.7. The van der Waals surface area contributed by atoms with Crippen molar-refractivity contribution in [2.24, 2.45) is 0 Å². The molecule has 69 heavy (non-hydrogen) atoms. The van der Waals surface area contributed by atoms with Crippen LogP contribution in [0.3, 0.4) is 0 Å². The summed E-state index contributed by atoms with van der Waals surface area (Å²) >= 11 is 0. The number of likely N-dealkylation sites (N-methyl/N-ethyl adjacent to an activating group) is 1. The predicted molar refractivity (Wildman–Crippen MR) is 288 cm³/mol. The molecule has 0 fully saturated rings. The van der Waals surface area contributed by atoms with Crippen LogP contribution in [0.25, 0.3) is 0 Å². The van der Waals surface area contributed by atoms with E-state index in [1.807, 2.05) is 33.3 Å². The average molecular weight is 966 g/mol. The molecule has 0 rings (SSSR count). The first kappa shape index (κ1) is 65.5. The minimum Gasteiger partial charge on any atom is -0.545 e. The molecule has 2 atom stereocenters. The van der Waals surface area contributed by atoms with Crippen LogP contribution >= 0.6 is 0 Å². The van der Waals surface area contributed by atoms with Crippen LogP contribution in [0.1, 0.15) is 219 Å². The van der Waals surface area contributed by atoms with Crippen LogP contribution in [0, 0.1) is 0 Å². The van der Waals surface area contributed by atoms with Gasteiger partial charge in [-0.2, -0.15) is 0 Å². The maximum absolute atomic E-state index is 12.7. The van der Waals surface area contributed by atoms with Crippen molar-refractivity contribution in [3.63, 3.8) is 0 Å². The molecule has 9 nitrogen and oxygen atoms in total. The second-order valence-corrected chi connectivity index (χ2v) is 19.5. The monoisotopic (exact) mass is 966 g/mol. The van der Waals surface area contributed by atoms with Gasteiger partial charge in [0.15, 0.2) is 12.4 Å². The number of aliphatic carboxylic acids is 1. The maximum Gasteiger partial charge on any atom is 0.310 e. The Morgan fingerprint density at radius 2 is 0.870 bits per heavy atom. The lowest BCUT2D eigenvalue weighted by Crippen LogP contribution is -2.44. The Labute approximate surface area is 423 Å². The van der Waals surface area contributed by atoms with Crippen molar-refractivity contribution < 1.29 is 42.9 Å². The summed E-state index contributed by atoms with van der Waals surface area (Å²) in [5, 5.41) is 11.7. The summed E-state index contributed by atoms with van der Waals surface area (Å²) in [5.41, 5.74) is 0. The topological polar surface area (TPSA) is 111 Å². The van der Waals surface area contributed by atoms with Crippen molar-refractivity contribution in [2.45, 2.75) is 232 Å². The fourth-order valence-corrected chi connectivity index (χ4v) is 7.41. The Kier molecular flexibility index (Phi) is 48.2. The van der Waals surface area contributed by atoms with Gasteiger partial charge in [-0.25, -0.2) is 0 Å². The number of carbonyl (C=O) groups is 3. The standard InChI is InChI=1S/C60H103NO8/c1-6-8-10-12-14-16-18-20-22-23-24-25-26-27-28-29-30-31-32-33-34-35-37-38-40-42-44-46-48-50-57(62)67-54-56(55-68-60(59(64)65)66-53-52-61(3,4)5)69-58(63)51-49-47-45-43-41-39-36-21-19-17-15-13-11-9-7-2/h9,11,15,17-18,20-21,23-24,36,41,43,47,49,56,60H,6-8,10,12-14,16,19,22,25-35,37-40,42,44-46,48,50-55H2,1-5H3/b11-9-,17-15-,20-18-,24-23-,36-21-,43-41-,49-47-. The highest BCUT2D eigenvalue weighted by molar-refractivity contribution is 5.71. The van der Waals surface area contributed by atoms with E-state index >= 15 is 0 Å². The van der Waals surface area contributed by atoms with Gasteiger partial charge in [0.2, 0.25) is 0 Å². The Bertz CT molecular complexity index is 1400. The van der Waals surface area contributed by atoms with E-state index in [1.165, 1.54) is 135 Å². The summed E-state index contributed by atoms with van der Waals surface area (Å²) in [7, 11) is 5.88. The molecule has 396 valence electrons. The molecule has 0 saturated carbocycles. The van der Waals surface area contributed by atoms with Crippen LogP contribution in [0.5, 0.6) is 0 Å². The van der Waals surface area contributed by atoms with Crippen LogP contribution in [-0.2, 0) is 33.3 Å². The quantitative estimate of drug-likeness (QED) is 0.0195. The van der Waals surface area contributed by atoms with E-state index < -0.39 is 24.3 Å². The van der Waals surface area contributed by atoms with E-state index in [1.54, 1.807) is 6.08 Å². The van der Waals surface area contributed by atoms with E-state index in [2.05, 4.69) is 80.7 Å². The first-order chi connectivity index (χ1) is 33.6. The molecular weight excluding hydrogens is 863 g/mol. The van der Waals surface area contributed by atoms with E-state index in [-0.39, 0.29) is 38.6 Å². The molecule has 0 aromatic rings. The predicted octanol–water partition coefficient (Wildman–Crippen LogP) is 14.7. The minimum atomic E-state index is -1.65. The summed E-state index contributed by atoms with van der Waals surface area (Å²) < 4.78 is 22.5. The number of hydrogen-bond acceptors (Lipinski definition) is 8. The zero-order chi connectivity index (χ0) is 50.6. The zero-order valence-electron chi connectivity index (χ0n) is 44.9. The summed E-state index contributed by atoms with van der Waals surface area (Å²) in [4.78, 5) is 37.1. The van der Waals surface area contributed by atoms with E-state index in [0.29, 0.717) is 17.4 Å². The van der Waals surface area contributed by atoms with Gasteiger partial charge in [-0.15, -0.1) is 0 Å².